The summed E-state index contributed by atoms with van der Waals surface area (Å²) in [5, 5.41) is 10.5. The highest BCUT2D eigenvalue weighted by molar-refractivity contribution is 5.79. The Morgan fingerprint density at radius 2 is 1.71 bits per heavy atom. The largest absolute Gasteiger partial charge is 0.393 e. The zero-order valence-corrected chi connectivity index (χ0v) is 13.6. The summed E-state index contributed by atoms with van der Waals surface area (Å²) in [6.07, 6.45) is 10.0. The van der Waals surface area contributed by atoms with Crippen molar-refractivity contribution >= 4 is 5.78 Å². The summed E-state index contributed by atoms with van der Waals surface area (Å²) >= 11 is 0. The first-order chi connectivity index (χ1) is 9.95. The summed E-state index contributed by atoms with van der Waals surface area (Å²) in [4.78, 5) is 11.9. The van der Waals surface area contributed by atoms with Gasteiger partial charge in [0.05, 0.1) is 6.10 Å². The van der Waals surface area contributed by atoms with Crippen molar-refractivity contribution in [1.29, 1.82) is 0 Å². The molecule has 1 N–H and O–H groups in total. The topological polar surface area (TPSA) is 37.3 Å². The van der Waals surface area contributed by atoms with E-state index in [9.17, 15) is 9.90 Å². The van der Waals surface area contributed by atoms with Crippen molar-refractivity contribution in [3.8, 4) is 0 Å². The molecule has 4 fully saturated rings. The molecule has 0 radical (unpaired) electrons. The SMILES string of the molecule is C[C@@]12CCC(=O)CC1CCC1C2CC[C@]2(C)C1CC[C@H]2O. The van der Waals surface area contributed by atoms with Gasteiger partial charge in [0.25, 0.3) is 0 Å². The zero-order valence-electron chi connectivity index (χ0n) is 13.6. The monoisotopic (exact) mass is 290 g/mol. The fourth-order valence-electron chi connectivity index (χ4n) is 7.02. The number of fused-ring (bicyclic) bond motifs is 5. The van der Waals surface area contributed by atoms with Crippen molar-refractivity contribution in [3.05, 3.63) is 0 Å². The van der Waals surface area contributed by atoms with Gasteiger partial charge in [-0.25, -0.2) is 0 Å². The van der Waals surface area contributed by atoms with E-state index in [0.29, 0.717) is 17.1 Å². The Bertz CT molecular complexity index is 458. The molecule has 0 heterocycles. The van der Waals surface area contributed by atoms with Crippen LogP contribution in [0.4, 0.5) is 0 Å². The molecule has 118 valence electrons. The van der Waals surface area contributed by atoms with E-state index >= 15 is 0 Å². The van der Waals surface area contributed by atoms with E-state index in [1.54, 1.807) is 0 Å². The molecule has 4 unspecified atom stereocenters. The molecule has 0 aromatic rings. The lowest BCUT2D eigenvalue weighted by Crippen LogP contribution is -2.54. The minimum atomic E-state index is -0.0677. The molecule has 0 aromatic heterocycles. The van der Waals surface area contributed by atoms with Crippen LogP contribution in [-0.4, -0.2) is 17.0 Å². The first kappa shape index (κ1) is 14.2. The van der Waals surface area contributed by atoms with Crippen LogP contribution in [0, 0.1) is 34.5 Å². The highest BCUT2D eigenvalue weighted by Crippen LogP contribution is 2.65. The maximum absolute atomic E-state index is 11.9. The lowest BCUT2D eigenvalue weighted by molar-refractivity contribution is -0.141. The first-order valence-electron chi connectivity index (χ1n) is 9.15. The van der Waals surface area contributed by atoms with Gasteiger partial charge in [0.1, 0.15) is 5.78 Å². The van der Waals surface area contributed by atoms with Gasteiger partial charge in [-0.05, 0) is 79.4 Å². The number of Topliss-reactive ketones (excluding diaryl/α,β-unsaturated/α-hetero) is 1. The van der Waals surface area contributed by atoms with Gasteiger partial charge in [0.15, 0.2) is 0 Å². The van der Waals surface area contributed by atoms with Gasteiger partial charge in [-0.1, -0.05) is 13.8 Å². The highest BCUT2D eigenvalue weighted by atomic mass is 16.3. The minimum Gasteiger partial charge on any atom is -0.393 e. The molecule has 4 aliphatic rings. The number of aliphatic hydroxyl groups excluding tert-OH is 1. The molecule has 0 spiro atoms. The third-order valence-corrected chi connectivity index (χ3v) is 8.43. The molecular formula is C19H30O2. The fraction of sp³-hybridized carbons (Fsp3) is 0.947. The van der Waals surface area contributed by atoms with Crippen molar-refractivity contribution in [2.24, 2.45) is 34.5 Å². The number of hydrogen-bond donors (Lipinski definition) is 1. The van der Waals surface area contributed by atoms with E-state index < -0.39 is 0 Å². The van der Waals surface area contributed by atoms with E-state index in [1.807, 2.05) is 0 Å². The molecule has 2 nitrogen and oxygen atoms in total. The van der Waals surface area contributed by atoms with Gasteiger partial charge in [0, 0.05) is 12.8 Å². The van der Waals surface area contributed by atoms with Crippen LogP contribution in [-0.2, 0) is 4.79 Å². The average molecular weight is 290 g/mol. The molecule has 0 saturated heterocycles. The second kappa shape index (κ2) is 4.57. The van der Waals surface area contributed by atoms with Crippen LogP contribution in [0.3, 0.4) is 0 Å². The van der Waals surface area contributed by atoms with Crippen LogP contribution in [0.1, 0.15) is 71.6 Å². The van der Waals surface area contributed by atoms with Crippen molar-refractivity contribution < 1.29 is 9.90 Å². The Morgan fingerprint density at radius 3 is 2.52 bits per heavy atom. The van der Waals surface area contributed by atoms with Crippen molar-refractivity contribution in [2.45, 2.75) is 77.7 Å². The number of carbonyl (C=O) groups excluding carboxylic acids is 1. The molecule has 0 amide bonds. The summed E-state index contributed by atoms with van der Waals surface area (Å²) in [5.41, 5.74) is 0.598. The molecule has 0 bridgehead atoms. The molecule has 7 atom stereocenters. The van der Waals surface area contributed by atoms with Crippen molar-refractivity contribution in [3.63, 3.8) is 0 Å². The predicted molar refractivity (Wildman–Crippen MR) is 82.7 cm³/mol. The minimum absolute atomic E-state index is 0.0677. The summed E-state index contributed by atoms with van der Waals surface area (Å²) in [5.74, 6) is 3.52. The second-order valence-corrected chi connectivity index (χ2v) is 9.04. The Balaban J connectivity index is 1.64. The van der Waals surface area contributed by atoms with E-state index in [1.165, 1.54) is 32.1 Å². The van der Waals surface area contributed by atoms with Crippen LogP contribution in [0.25, 0.3) is 0 Å². The normalized spacial score (nSPS) is 56.5. The molecule has 2 heteroatoms. The first-order valence-corrected chi connectivity index (χ1v) is 9.15. The molecule has 4 aliphatic carbocycles. The Kier molecular flexibility index (Phi) is 3.10. The Morgan fingerprint density at radius 1 is 0.952 bits per heavy atom. The number of aliphatic hydroxyl groups is 1. The number of rotatable bonds is 0. The lowest BCUT2D eigenvalue weighted by atomic mass is 9.45. The number of ketones is 1. The van der Waals surface area contributed by atoms with Crippen LogP contribution in [0.2, 0.25) is 0 Å². The van der Waals surface area contributed by atoms with Crippen LogP contribution in [0.5, 0.6) is 0 Å². The zero-order chi connectivity index (χ0) is 14.8. The van der Waals surface area contributed by atoms with Crippen LogP contribution in [0.15, 0.2) is 0 Å². The van der Waals surface area contributed by atoms with E-state index in [0.717, 1.165) is 43.4 Å². The van der Waals surface area contributed by atoms with E-state index in [4.69, 9.17) is 0 Å². The molecule has 21 heavy (non-hydrogen) atoms. The summed E-state index contributed by atoms with van der Waals surface area (Å²) in [6.45, 7) is 4.85. The van der Waals surface area contributed by atoms with Gasteiger partial charge >= 0.3 is 0 Å². The van der Waals surface area contributed by atoms with Gasteiger partial charge in [-0.15, -0.1) is 0 Å². The van der Waals surface area contributed by atoms with Gasteiger partial charge in [0.2, 0.25) is 0 Å². The summed E-state index contributed by atoms with van der Waals surface area (Å²) < 4.78 is 0. The van der Waals surface area contributed by atoms with Crippen molar-refractivity contribution in [2.75, 3.05) is 0 Å². The Hall–Kier alpha value is -0.370. The third kappa shape index (κ3) is 1.84. The van der Waals surface area contributed by atoms with Crippen LogP contribution < -0.4 is 0 Å². The third-order valence-electron chi connectivity index (χ3n) is 8.43. The molecule has 4 rings (SSSR count). The summed E-state index contributed by atoms with van der Waals surface area (Å²) in [7, 11) is 0. The Labute approximate surface area is 128 Å². The fourth-order valence-corrected chi connectivity index (χ4v) is 7.02. The van der Waals surface area contributed by atoms with E-state index in [2.05, 4.69) is 13.8 Å². The van der Waals surface area contributed by atoms with E-state index in [-0.39, 0.29) is 11.5 Å². The van der Waals surface area contributed by atoms with Gasteiger partial charge < -0.3 is 5.11 Å². The average Bonchev–Trinajstić information content (AvgIpc) is 2.76. The second-order valence-electron chi connectivity index (χ2n) is 9.04. The number of hydrogen-bond acceptors (Lipinski definition) is 2. The van der Waals surface area contributed by atoms with Gasteiger partial charge in [-0.3, -0.25) is 4.79 Å². The molecule has 4 saturated carbocycles. The smallest absolute Gasteiger partial charge is 0.133 e. The molecule has 0 aromatic carbocycles. The van der Waals surface area contributed by atoms with Crippen LogP contribution >= 0.6 is 0 Å². The summed E-state index contributed by atoms with van der Waals surface area (Å²) in [6, 6.07) is 0. The number of carbonyl (C=O) groups is 1. The standard InChI is InChI=1S/C19H30O2/c1-18-9-7-13(20)11-12(18)3-4-14-15-5-6-17(21)19(15,2)10-8-16(14)18/h12,14-17,21H,3-11H2,1-2H3/t12?,14?,15?,16?,17-,18-,19-/m1/s1. The molecular weight excluding hydrogens is 260 g/mol. The maximum Gasteiger partial charge on any atom is 0.133 e. The molecule has 0 aliphatic heterocycles. The van der Waals surface area contributed by atoms with Crippen molar-refractivity contribution in [1.82, 2.24) is 0 Å². The quantitative estimate of drug-likeness (QED) is 0.733. The predicted octanol–water partition coefficient (Wildman–Crippen LogP) is 3.96. The highest BCUT2D eigenvalue weighted by Gasteiger charge is 2.59. The lowest BCUT2D eigenvalue weighted by Gasteiger charge is -2.60. The maximum atomic E-state index is 11.9. The van der Waals surface area contributed by atoms with Gasteiger partial charge in [-0.2, -0.15) is 0 Å².